The molecule has 1 aromatic carbocycles. The average Bonchev–Trinajstić information content (AvgIpc) is 2.06. The van der Waals surface area contributed by atoms with Crippen molar-refractivity contribution in [1.29, 1.82) is 0 Å². The van der Waals surface area contributed by atoms with E-state index in [0.717, 1.165) is 9.79 Å². The second-order valence-electron chi connectivity index (χ2n) is 2.13. The van der Waals surface area contributed by atoms with Crippen LogP contribution in [0.15, 0.2) is 21.9 Å². The Morgan fingerprint density at radius 1 is 1.25 bits per heavy atom. The number of halogens is 1. The number of aromatic hydroxyl groups is 1. The molecular formula is C8H9ClOS2. The van der Waals surface area contributed by atoms with Crippen LogP contribution in [0.1, 0.15) is 0 Å². The highest BCUT2D eigenvalue weighted by molar-refractivity contribution is 7.99. The van der Waals surface area contributed by atoms with Gasteiger partial charge in [-0.3, -0.25) is 0 Å². The minimum Gasteiger partial charge on any atom is -0.506 e. The molecule has 1 nitrogen and oxygen atoms in total. The van der Waals surface area contributed by atoms with Gasteiger partial charge in [-0.15, -0.1) is 23.5 Å². The molecule has 1 rings (SSSR count). The number of thioether (sulfide) groups is 2. The lowest BCUT2D eigenvalue weighted by Gasteiger charge is -2.06. The number of hydrogen-bond acceptors (Lipinski definition) is 3. The monoisotopic (exact) mass is 220 g/mol. The minimum atomic E-state index is 0.294. The van der Waals surface area contributed by atoms with Crippen LogP contribution in [-0.4, -0.2) is 17.6 Å². The van der Waals surface area contributed by atoms with Crippen molar-refractivity contribution in [3.8, 4) is 5.75 Å². The van der Waals surface area contributed by atoms with E-state index in [1.807, 2.05) is 18.6 Å². The van der Waals surface area contributed by atoms with Crippen LogP contribution >= 0.6 is 35.1 Å². The summed E-state index contributed by atoms with van der Waals surface area (Å²) in [5, 5.41) is 10.3. The van der Waals surface area contributed by atoms with E-state index < -0.39 is 0 Å². The lowest BCUT2D eigenvalue weighted by molar-refractivity contribution is 0.449. The first-order chi connectivity index (χ1) is 5.70. The zero-order valence-corrected chi connectivity index (χ0v) is 9.19. The molecule has 0 bridgehead atoms. The summed E-state index contributed by atoms with van der Waals surface area (Å²) >= 11 is 8.84. The molecule has 0 atom stereocenters. The lowest BCUT2D eigenvalue weighted by Crippen LogP contribution is -1.78. The van der Waals surface area contributed by atoms with E-state index in [4.69, 9.17) is 11.6 Å². The van der Waals surface area contributed by atoms with E-state index in [1.54, 1.807) is 6.07 Å². The molecule has 1 aromatic rings. The molecule has 0 unspecified atom stereocenters. The Hall–Kier alpha value is 0.01000. The van der Waals surface area contributed by atoms with Crippen LogP contribution in [0.2, 0.25) is 5.02 Å². The van der Waals surface area contributed by atoms with E-state index in [1.165, 1.54) is 23.5 Å². The van der Waals surface area contributed by atoms with Gasteiger partial charge in [-0.1, -0.05) is 11.6 Å². The molecule has 66 valence electrons. The second-order valence-corrected chi connectivity index (χ2v) is 4.20. The van der Waals surface area contributed by atoms with Crippen molar-refractivity contribution in [3.05, 3.63) is 17.2 Å². The molecular weight excluding hydrogens is 212 g/mol. The summed E-state index contributed by atoms with van der Waals surface area (Å²) in [7, 11) is 0. The molecule has 0 heterocycles. The molecule has 0 saturated heterocycles. The standard InChI is InChI=1S/C8H9ClOS2/c1-11-6-4-3-5(9)8(12-2)7(6)10/h3-4,10H,1-2H3. The molecule has 0 aliphatic rings. The van der Waals surface area contributed by atoms with Crippen molar-refractivity contribution in [2.75, 3.05) is 12.5 Å². The highest BCUT2D eigenvalue weighted by atomic mass is 35.5. The van der Waals surface area contributed by atoms with Gasteiger partial charge in [0, 0.05) is 0 Å². The zero-order valence-electron chi connectivity index (χ0n) is 6.80. The summed E-state index contributed by atoms with van der Waals surface area (Å²) < 4.78 is 0. The van der Waals surface area contributed by atoms with Crippen molar-refractivity contribution in [2.24, 2.45) is 0 Å². The smallest absolute Gasteiger partial charge is 0.144 e. The molecule has 0 saturated carbocycles. The van der Waals surface area contributed by atoms with Crippen LogP contribution in [0.3, 0.4) is 0 Å². The quantitative estimate of drug-likeness (QED) is 0.771. The Bertz CT molecular complexity index is 289. The van der Waals surface area contributed by atoms with Gasteiger partial charge in [0.05, 0.1) is 14.8 Å². The van der Waals surface area contributed by atoms with Gasteiger partial charge in [0.25, 0.3) is 0 Å². The van der Waals surface area contributed by atoms with Gasteiger partial charge in [0.15, 0.2) is 0 Å². The highest BCUT2D eigenvalue weighted by Gasteiger charge is 2.09. The fourth-order valence-electron chi connectivity index (χ4n) is 0.887. The van der Waals surface area contributed by atoms with Crippen molar-refractivity contribution in [2.45, 2.75) is 9.79 Å². The summed E-state index contributed by atoms with van der Waals surface area (Å²) in [5.74, 6) is 0.294. The number of hydrogen-bond donors (Lipinski definition) is 1. The van der Waals surface area contributed by atoms with E-state index in [2.05, 4.69) is 0 Å². The average molecular weight is 221 g/mol. The fraction of sp³-hybridized carbons (Fsp3) is 0.250. The van der Waals surface area contributed by atoms with Crippen LogP contribution < -0.4 is 0 Å². The van der Waals surface area contributed by atoms with Crippen molar-refractivity contribution in [1.82, 2.24) is 0 Å². The highest BCUT2D eigenvalue weighted by Crippen LogP contribution is 2.39. The van der Waals surface area contributed by atoms with E-state index >= 15 is 0 Å². The lowest BCUT2D eigenvalue weighted by atomic mass is 10.3. The Morgan fingerprint density at radius 3 is 2.42 bits per heavy atom. The number of benzene rings is 1. The zero-order chi connectivity index (χ0) is 9.14. The molecule has 0 fully saturated rings. The Kier molecular flexibility index (Phi) is 3.62. The second kappa shape index (κ2) is 4.30. The Balaban J connectivity index is 3.24. The van der Waals surface area contributed by atoms with Crippen LogP contribution in [0.25, 0.3) is 0 Å². The van der Waals surface area contributed by atoms with Gasteiger partial charge in [-0.25, -0.2) is 0 Å². The van der Waals surface area contributed by atoms with Crippen LogP contribution in [0.5, 0.6) is 5.75 Å². The van der Waals surface area contributed by atoms with Gasteiger partial charge < -0.3 is 5.11 Å². The maximum Gasteiger partial charge on any atom is 0.144 e. The normalized spacial score (nSPS) is 10.2. The molecule has 0 aliphatic heterocycles. The Labute approximate surface area is 85.5 Å². The first-order valence-corrected chi connectivity index (χ1v) is 6.13. The van der Waals surface area contributed by atoms with E-state index in [0.29, 0.717) is 10.8 Å². The van der Waals surface area contributed by atoms with E-state index in [9.17, 15) is 5.11 Å². The topological polar surface area (TPSA) is 20.2 Å². The third-order valence-corrected chi connectivity index (χ3v) is 3.49. The molecule has 0 spiro atoms. The van der Waals surface area contributed by atoms with Crippen LogP contribution in [0.4, 0.5) is 0 Å². The van der Waals surface area contributed by atoms with E-state index in [-0.39, 0.29) is 0 Å². The maximum atomic E-state index is 9.64. The summed E-state index contributed by atoms with van der Waals surface area (Å²) in [6, 6.07) is 3.63. The summed E-state index contributed by atoms with van der Waals surface area (Å²) in [6.45, 7) is 0. The number of phenolic OH excluding ortho intramolecular Hbond substituents is 1. The van der Waals surface area contributed by atoms with Crippen molar-refractivity contribution in [3.63, 3.8) is 0 Å². The summed E-state index contributed by atoms with van der Waals surface area (Å²) in [4.78, 5) is 1.62. The molecule has 0 aromatic heterocycles. The first kappa shape index (κ1) is 10.1. The molecule has 0 aliphatic carbocycles. The molecule has 1 N–H and O–H groups in total. The van der Waals surface area contributed by atoms with Gasteiger partial charge in [0.1, 0.15) is 5.75 Å². The van der Waals surface area contributed by atoms with Gasteiger partial charge in [-0.05, 0) is 24.6 Å². The third kappa shape index (κ3) is 1.84. The third-order valence-electron chi connectivity index (χ3n) is 1.47. The number of rotatable bonds is 2. The minimum absolute atomic E-state index is 0.294. The predicted octanol–water partition coefficient (Wildman–Crippen LogP) is 3.49. The van der Waals surface area contributed by atoms with Crippen molar-refractivity contribution >= 4 is 35.1 Å². The SMILES string of the molecule is CSc1ccc(Cl)c(SC)c1O. The largest absolute Gasteiger partial charge is 0.506 e. The fourth-order valence-corrected chi connectivity index (χ4v) is 2.40. The molecule has 12 heavy (non-hydrogen) atoms. The molecule has 0 amide bonds. The van der Waals surface area contributed by atoms with Crippen molar-refractivity contribution < 1.29 is 5.11 Å². The summed E-state index contributed by atoms with van der Waals surface area (Å²) in [6.07, 6.45) is 3.82. The van der Waals surface area contributed by atoms with Gasteiger partial charge in [-0.2, -0.15) is 0 Å². The molecule has 4 heteroatoms. The number of phenols is 1. The van der Waals surface area contributed by atoms with Crippen LogP contribution in [-0.2, 0) is 0 Å². The molecule has 0 radical (unpaired) electrons. The summed E-state index contributed by atoms with van der Waals surface area (Å²) in [5.41, 5.74) is 0. The van der Waals surface area contributed by atoms with Gasteiger partial charge in [0.2, 0.25) is 0 Å². The predicted molar refractivity (Wildman–Crippen MR) is 56.7 cm³/mol. The van der Waals surface area contributed by atoms with Gasteiger partial charge >= 0.3 is 0 Å². The Morgan fingerprint density at radius 2 is 1.92 bits per heavy atom. The van der Waals surface area contributed by atoms with Crippen LogP contribution in [0, 0.1) is 0 Å². The maximum absolute atomic E-state index is 9.64. The first-order valence-electron chi connectivity index (χ1n) is 3.30.